The van der Waals surface area contributed by atoms with Crippen LogP contribution in [0.2, 0.25) is 5.02 Å². The van der Waals surface area contributed by atoms with Crippen molar-refractivity contribution in [1.29, 1.82) is 0 Å². The molecule has 0 unspecified atom stereocenters. The highest BCUT2D eigenvalue weighted by Crippen LogP contribution is 2.25. The summed E-state index contributed by atoms with van der Waals surface area (Å²) < 4.78 is 23.6. The molecule has 3 nitrogen and oxygen atoms in total. The lowest BCUT2D eigenvalue weighted by Gasteiger charge is -2.09. The Balaban J connectivity index is 2.26. The van der Waals surface area contributed by atoms with Gasteiger partial charge in [-0.1, -0.05) is 17.7 Å². The molecule has 0 aliphatic heterocycles. The summed E-state index contributed by atoms with van der Waals surface area (Å²) in [6.45, 7) is 0. The molecule has 0 saturated carbocycles. The third-order valence-corrected chi connectivity index (χ3v) is 3.28. The molecule has 0 aliphatic rings. The topological polar surface area (TPSA) is 35.5 Å². The molecule has 0 heterocycles. The molecular weight excluding hydrogens is 295 g/mol. The third-order valence-electron chi connectivity index (χ3n) is 3.04. The number of carbonyl (C=O) groups is 1. The minimum absolute atomic E-state index is 0.0532. The van der Waals surface area contributed by atoms with Crippen LogP contribution in [0.4, 0.5) is 4.39 Å². The number of methoxy groups -OCH3 is 2. The molecule has 2 rings (SSSR count). The molecule has 2 aromatic rings. The lowest BCUT2D eigenvalue weighted by molar-refractivity contribution is 0.0990. The molecule has 0 aliphatic carbocycles. The number of ether oxygens (including phenoxy) is 2. The molecule has 0 aromatic heterocycles. The van der Waals surface area contributed by atoms with E-state index in [0.29, 0.717) is 21.9 Å². The van der Waals surface area contributed by atoms with E-state index in [1.54, 1.807) is 24.3 Å². The quantitative estimate of drug-likeness (QED) is 0.785. The Kier molecular flexibility index (Phi) is 4.81. The van der Waals surface area contributed by atoms with Crippen molar-refractivity contribution in [2.24, 2.45) is 0 Å². The monoisotopic (exact) mass is 308 g/mol. The fourth-order valence-corrected chi connectivity index (χ4v) is 2.17. The van der Waals surface area contributed by atoms with Crippen LogP contribution in [0.15, 0.2) is 36.4 Å². The maximum atomic E-state index is 13.6. The van der Waals surface area contributed by atoms with E-state index in [9.17, 15) is 9.18 Å². The Labute approximate surface area is 127 Å². The van der Waals surface area contributed by atoms with Crippen LogP contribution < -0.4 is 9.47 Å². The molecule has 0 fully saturated rings. The van der Waals surface area contributed by atoms with Crippen LogP contribution in [0.3, 0.4) is 0 Å². The van der Waals surface area contributed by atoms with Crippen molar-refractivity contribution in [2.45, 2.75) is 6.42 Å². The summed E-state index contributed by atoms with van der Waals surface area (Å²) in [4.78, 5) is 12.3. The normalized spacial score (nSPS) is 10.3. The first-order valence-corrected chi connectivity index (χ1v) is 6.62. The van der Waals surface area contributed by atoms with Crippen LogP contribution in [0.5, 0.6) is 11.5 Å². The Bertz CT molecular complexity index is 671. The van der Waals surface area contributed by atoms with Gasteiger partial charge in [-0.05, 0) is 35.9 Å². The second-order valence-corrected chi connectivity index (χ2v) is 4.85. The van der Waals surface area contributed by atoms with Gasteiger partial charge < -0.3 is 9.47 Å². The van der Waals surface area contributed by atoms with E-state index in [0.717, 1.165) is 0 Å². The van der Waals surface area contributed by atoms with Gasteiger partial charge in [-0.25, -0.2) is 4.39 Å². The second kappa shape index (κ2) is 6.59. The molecule has 0 spiro atoms. The zero-order valence-corrected chi connectivity index (χ0v) is 12.4. The molecule has 0 radical (unpaired) electrons. The number of Topliss-reactive ketones (excluding diaryl/α,β-unsaturated/α-hetero) is 1. The Morgan fingerprint density at radius 1 is 1.10 bits per heavy atom. The molecule has 21 heavy (non-hydrogen) atoms. The lowest BCUT2D eigenvalue weighted by atomic mass is 10.0. The summed E-state index contributed by atoms with van der Waals surface area (Å²) in [6, 6.07) is 9.24. The van der Waals surface area contributed by atoms with Gasteiger partial charge >= 0.3 is 0 Å². The van der Waals surface area contributed by atoms with E-state index in [2.05, 4.69) is 0 Å². The smallest absolute Gasteiger partial charge is 0.171 e. The van der Waals surface area contributed by atoms with E-state index >= 15 is 0 Å². The summed E-state index contributed by atoms with van der Waals surface area (Å²) in [5, 5.41) is 0.445. The highest BCUT2D eigenvalue weighted by atomic mass is 35.5. The van der Waals surface area contributed by atoms with Gasteiger partial charge in [0.1, 0.15) is 5.75 Å². The molecular formula is C16H14ClFO3. The molecule has 0 amide bonds. The fourth-order valence-electron chi connectivity index (χ4n) is 2.00. The predicted octanol–water partition coefficient (Wildman–Crippen LogP) is 3.92. The number of hydrogen-bond acceptors (Lipinski definition) is 3. The largest absolute Gasteiger partial charge is 0.496 e. The minimum Gasteiger partial charge on any atom is -0.496 e. The summed E-state index contributed by atoms with van der Waals surface area (Å²) in [5.74, 6) is -0.107. The molecule has 5 heteroatoms. The van der Waals surface area contributed by atoms with Gasteiger partial charge in [0, 0.05) is 11.4 Å². The average molecular weight is 309 g/mol. The van der Waals surface area contributed by atoms with Crippen molar-refractivity contribution in [1.82, 2.24) is 0 Å². The van der Waals surface area contributed by atoms with E-state index in [1.807, 2.05) is 0 Å². The number of rotatable bonds is 5. The van der Waals surface area contributed by atoms with Gasteiger partial charge in [0.2, 0.25) is 0 Å². The van der Waals surface area contributed by atoms with Crippen molar-refractivity contribution >= 4 is 17.4 Å². The summed E-state index contributed by atoms with van der Waals surface area (Å²) in [5.41, 5.74) is 0.932. The summed E-state index contributed by atoms with van der Waals surface area (Å²) in [6.07, 6.45) is 0.0532. The van der Waals surface area contributed by atoms with Crippen LogP contribution >= 0.6 is 11.6 Å². The zero-order chi connectivity index (χ0) is 15.4. The van der Waals surface area contributed by atoms with Crippen molar-refractivity contribution in [2.75, 3.05) is 14.2 Å². The molecule has 0 atom stereocenters. The zero-order valence-electron chi connectivity index (χ0n) is 11.7. The molecule has 0 N–H and O–H groups in total. The van der Waals surface area contributed by atoms with E-state index in [4.69, 9.17) is 21.1 Å². The molecule has 110 valence electrons. The number of ketones is 1. The summed E-state index contributed by atoms with van der Waals surface area (Å²) >= 11 is 5.90. The fraction of sp³-hybridized carbons (Fsp3) is 0.188. The van der Waals surface area contributed by atoms with Crippen LogP contribution in [0, 0.1) is 5.82 Å². The van der Waals surface area contributed by atoms with E-state index in [1.165, 1.54) is 26.4 Å². The highest BCUT2D eigenvalue weighted by Gasteiger charge is 2.14. The van der Waals surface area contributed by atoms with Gasteiger partial charge in [-0.15, -0.1) is 0 Å². The average Bonchev–Trinajstić information content (AvgIpc) is 2.47. The van der Waals surface area contributed by atoms with Gasteiger partial charge in [0.25, 0.3) is 0 Å². The van der Waals surface area contributed by atoms with Gasteiger partial charge in [0.05, 0.1) is 19.8 Å². The first-order chi connectivity index (χ1) is 10.0. The van der Waals surface area contributed by atoms with Crippen LogP contribution in [-0.4, -0.2) is 20.0 Å². The SMILES string of the molecule is COc1ccc(CC(=O)c2cc(Cl)ccc2OC)cc1F. The molecule has 0 saturated heterocycles. The standard InChI is InChI=1S/C16H14ClFO3/c1-20-15-6-4-11(17)9-12(15)14(19)8-10-3-5-16(21-2)13(18)7-10/h3-7,9H,8H2,1-2H3. The number of benzene rings is 2. The van der Waals surface area contributed by atoms with Gasteiger partial charge in [-0.2, -0.15) is 0 Å². The number of carbonyl (C=O) groups excluding carboxylic acids is 1. The maximum Gasteiger partial charge on any atom is 0.171 e. The van der Waals surface area contributed by atoms with E-state index < -0.39 is 5.82 Å². The predicted molar refractivity (Wildman–Crippen MR) is 79.0 cm³/mol. The molecule has 2 aromatic carbocycles. The van der Waals surface area contributed by atoms with Crippen molar-refractivity contribution in [3.63, 3.8) is 0 Å². The third kappa shape index (κ3) is 3.52. The Morgan fingerprint density at radius 2 is 1.76 bits per heavy atom. The van der Waals surface area contributed by atoms with Gasteiger partial charge in [0.15, 0.2) is 17.3 Å². The van der Waals surface area contributed by atoms with Gasteiger partial charge in [-0.3, -0.25) is 4.79 Å². The number of halogens is 2. The summed E-state index contributed by atoms with van der Waals surface area (Å²) in [7, 11) is 2.87. The first kappa shape index (κ1) is 15.3. The van der Waals surface area contributed by atoms with Crippen molar-refractivity contribution in [3.8, 4) is 11.5 Å². The Morgan fingerprint density at radius 3 is 2.38 bits per heavy atom. The molecule has 0 bridgehead atoms. The van der Waals surface area contributed by atoms with Crippen molar-refractivity contribution in [3.05, 3.63) is 58.4 Å². The van der Waals surface area contributed by atoms with Crippen LogP contribution in [-0.2, 0) is 6.42 Å². The van der Waals surface area contributed by atoms with Crippen molar-refractivity contribution < 1.29 is 18.7 Å². The highest BCUT2D eigenvalue weighted by molar-refractivity contribution is 6.31. The second-order valence-electron chi connectivity index (χ2n) is 4.41. The first-order valence-electron chi connectivity index (χ1n) is 6.24. The maximum absolute atomic E-state index is 13.6. The Hall–Kier alpha value is -2.07. The van der Waals surface area contributed by atoms with E-state index in [-0.39, 0.29) is 18.0 Å². The van der Waals surface area contributed by atoms with Crippen LogP contribution in [0.25, 0.3) is 0 Å². The minimum atomic E-state index is -0.499. The van der Waals surface area contributed by atoms with Crippen LogP contribution in [0.1, 0.15) is 15.9 Å². The lowest BCUT2D eigenvalue weighted by Crippen LogP contribution is -2.06. The number of hydrogen-bond donors (Lipinski definition) is 0.